The first kappa shape index (κ1) is 21.7. The van der Waals surface area contributed by atoms with Crippen LogP contribution in [0.25, 0.3) is 16.5 Å². The van der Waals surface area contributed by atoms with E-state index in [-0.39, 0.29) is 5.91 Å². The maximum absolute atomic E-state index is 13.2. The Morgan fingerprint density at radius 2 is 1.89 bits per heavy atom. The van der Waals surface area contributed by atoms with Gasteiger partial charge in [-0.3, -0.25) is 4.79 Å². The SMILES string of the molecule is O=C(Nc1csc(-c2nncn2C2CC2)n1)c1cc(-n2cnc(C3CC3)c2)c(N2CCCCC2)cn1. The Bertz CT molecular complexity index is 1410. The van der Waals surface area contributed by atoms with Crippen LogP contribution in [0.2, 0.25) is 0 Å². The van der Waals surface area contributed by atoms with E-state index in [9.17, 15) is 4.79 Å². The largest absolute Gasteiger partial charge is 0.369 e. The third kappa shape index (κ3) is 4.17. The molecular weight excluding hydrogens is 474 g/mol. The number of anilines is 2. The zero-order valence-electron chi connectivity index (χ0n) is 19.9. The van der Waals surface area contributed by atoms with Crippen molar-refractivity contribution in [3.63, 3.8) is 0 Å². The molecule has 2 saturated carbocycles. The number of thiazole rings is 1. The van der Waals surface area contributed by atoms with Gasteiger partial charge in [0.15, 0.2) is 10.8 Å². The maximum Gasteiger partial charge on any atom is 0.275 e. The van der Waals surface area contributed by atoms with Crippen molar-refractivity contribution in [1.82, 2.24) is 34.3 Å². The number of carbonyl (C=O) groups is 1. The molecule has 1 saturated heterocycles. The quantitative estimate of drug-likeness (QED) is 0.399. The van der Waals surface area contributed by atoms with Gasteiger partial charge in [-0.1, -0.05) is 0 Å². The molecule has 11 heteroatoms. The van der Waals surface area contributed by atoms with E-state index in [1.807, 2.05) is 28.5 Å². The van der Waals surface area contributed by atoms with Crippen LogP contribution in [0, 0.1) is 0 Å². The first-order chi connectivity index (χ1) is 17.7. The van der Waals surface area contributed by atoms with Gasteiger partial charge in [0.25, 0.3) is 5.91 Å². The molecule has 10 nitrogen and oxygen atoms in total. The Labute approximate surface area is 212 Å². The Hall–Kier alpha value is -3.60. The highest BCUT2D eigenvalue weighted by Crippen LogP contribution is 2.40. The fraction of sp³-hybridized carbons (Fsp3) is 0.440. The van der Waals surface area contributed by atoms with E-state index in [1.54, 1.807) is 6.33 Å². The van der Waals surface area contributed by atoms with Crippen LogP contribution in [0.5, 0.6) is 0 Å². The van der Waals surface area contributed by atoms with E-state index >= 15 is 0 Å². The summed E-state index contributed by atoms with van der Waals surface area (Å²) in [4.78, 5) is 29.4. The lowest BCUT2D eigenvalue weighted by molar-refractivity contribution is 0.102. The van der Waals surface area contributed by atoms with Crippen molar-refractivity contribution in [1.29, 1.82) is 0 Å². The summed E-state index contributed by atoms with van der Waals surface area (Å²) in [5.41, 5.74) is 3.45. The summed E-state index contributed by atoms with van der Waals surface area (Å²) < 4.78 is 4.11. The van der Waals surface area contributed by atoms with Crippen LogP contribution >= 0.6 is 11.3 Å². The summed E-state index contributed by atoms with van der Waals surface area (Å²) >= 11 is 1.45. The molecule has 1 N–H and O–H groups in total. The summed E-state index contributed by atoms with van der Waals surface area (Å²) in [6.07, 6.45) is 15.8. The van der Waals surface area contributed by atoms with E-state index in [0.717, 1.165) is 53.8 Å². The molecule has 0 aromatic carbocycles. The van der Waals surface area contributed by atoms with Gasteiger partial charge < -0.3 is 19.4 Å². The van der Waals surface area contributed by atoms with Gasteiger partial charge in [0, 0.05) is 36.6 Å². The number of piperidine rings is 1. The fourth-order valence-electron chi connectivity index (χ4n) is 4.84. The van der Waals surface area contributed by atoms with E-state index in [2.05, 4.69) is 46.1 Å². The van der Waals surface area contributed by atoms with Crippen molar-refractivity contribution in [2.75, 3.05) is 23.3 Å². The van der Waals surface area contributed by atoms with Crippen molar-refractivity contribution in [2.45, 2.75) is 56.9 Å². The Morgan fingerprint density at radius 1 is 1.03 bits per heavy atom. The lowest BCUT2D eigenvalue weighted by atomic mass is 10.1. The van der Waals surface area contributed by atoms with Crippen molar-refractivity contribution >= 4 is 28.7 Å². The molecule has 4 aromatic rings. The lowest BCUT2D eigenvalue weighted by Crippen LogP contribution is -2.30. The second-order valence-corrected chi connectivity index (χ2v) is 10.7. The van der Waals surface area contributed by atoms with Gasteiger partial charge in [0.2, 0.25) is 0 Å². The summed E-state index contributed by atoms with van der Waals surface area (Å²) in [5.74, 6) is 1.52. The third-order valence-corrected chi connectivity index (χ3v) is 7.96. The number of nitrogens with one attached hydrogen (secondary N) is 1. The number of hydrogen-bond acceptors (Lipinski definition) is 8. The third-order valence-electron chi connectivity index (χ3n) is 7.12. The first-order valence-electron chi connectivity index (χ1n) is 12.7. The van der Waals surface area contributed by atoms with Crippen LogP contribution in [0.4, 0.5) is 11.5 Å². The van der Waals surface area contributed by atoms with E-state index in [0.29, 0.717) is 23.5 Å². The topological polar surface area (TPSA) is 107 Å². The Kier molecular flexibility index (Phi) is 5.30. The molecule has 1 amide bonds. The molecular formula is C25H27N9OS. The zero-order chi connectivity index (χ0) is 24.1. The van der Waals surface area contributed by atoms with Crippen LogP contribution in [-0.4, -0.2) is 53.3 Å². The van der Waals surface area contributed by atoms with Crippen LogP contribution in [-0.2, 0) is 0 Å². The molecule has 0 unspecified atom stereocenters. The van der Waals surface area contributed by atoms with Crippen molar-refractivity contribution < 1.29 is 4.79 Å². The molecule has 1 aliphatic heterocycles. The molecule has 2 aliphatic carbocycles. The Balaban J connectivity index is 1.16. The van der Waals surface area contributed by atoms with Gasteiger partial charge in [-0.05, 0) is 51.0 Å². The molecule has 0 spiro atoms. The predicted octanol–water partition coefficient (Wildman–Crippen LogP) is 4.44. The van der Waals surface area contributed by atoms with Crippen LogP contribution in [0.15, 0.2) is 36.5 Å². The second-order valence-electron chi connectivity index (χ2n) is 9.87. The van der Waals surface area contributed by atoms with Gasteiger partial charge in [-0.15, -0.1) is 21.5 Å². The van der Waals surface area contributed by atoms with E-state index in [1.165, 1.54) is 43.4 Å². The number of imidazole rings is 1. The summed E-state index contributed by atoms with van der Waals surface area (Å²) in [5, 5.41) is 13.8. The van der Waals surface area contributed by atoms with Gasteiger partial charge in [0.05, 0.1) is 29.6 Å². The van der Waals surface area contributed by atoms with Gasteiger partial charge in [-0.2, -0.15) is 0 Å². The molecule has 7 rings (SSSR count). The molecule has 3 aliphatic rings. The monoisotopic (exact) mass is 501 g/mol. The summed E-state index contributed by atoms with van der Waals surface area (Å²) in [7, 11) is 0. The number of carbonyl (C=O) groups excluding carboxylic acids is 1. The maximum atomic E-state index is 13.2. The smallest absolute Gasteiger partial charge is 0.275 e. The molecule has 5 heterocycles. The van der Waals surface area contributed by atoms with Crippen molar-refractivity contribution in [2.24, 2.45) is 0 Å². The summed E-state index contributed by atoms with van der Waals surface area (Å²) in [6, 6.07) is 2.33. The van der Waals surface area contributed by atoms with E-state index in [4.69, 9.17) is 0 Å². The predicted molar refractivity (Wildman–Crippen MR) is 137 cm³/mol. The highest BCUT2D eigenvalue weighted by atomic mass is 32.1. The van der Waals surface area contributed by atoms with Gasteiger partial charge >= 0.3 is 0 Å². The van der Waals surface area contributed by atoms with Crippen molar-refractivity contribution in [3.8, 4) is 16.5 Å². The molecule has 0 bridgehead atoms. The highest BCUT2D eigenvalue weighted by molar-refractivity contribution is 7.13. The molecule has 0 atom stereocenters. The normalized spacial score (nSPS) is 17.9. The first-order valence-corrected chi connectivity index (χ1v) is 13.6. The van der Waals surface area contributed by atoms with E-state index < -0.39 is 0 Å². The second kappa shape index (κ2) is 8.81. The highest BCUT2D eigenvalue weighted by Gasteiger charge is 2.28. The minimum Gasteiger partial charge on any atom is -0.369 e. The number of rotatable bonds is 7. The number of nitrogens with zero attached hydrogens (tertiary/aromatic N) is 8. The van der Waals surface area contributed by atoms with Gasteiger partial charge in [-0.25, -0.2) is 15.0 Å². The zero-order valence-corrected chi connectivity index (χ0v) is 20.7. The van der Waals surface area contributed by atoms with Crippen LogP contribution in [0.3, 0.4) is 0 Å². The number of hydrogen-bond donors (Lipinski definition) is 1. The standard InChI is InChI=1S/C25H27N9OS/c35-24(29-22-13-36-25(30-22)23-31-28-15-34(23)17-6-7-17)18-10-20(33-12-19(27-14-33)16-4-5-16)21(11-26-18)32-8-2-1-3-9-32/h10-17H,1-9H2,(H,29,35). The minimum absolute atomic E-state index is 0.288. The van der Waals surface area contributed by atoms with Crippen LogP contribution < -0.4 is 10.2 Å². The fourth-order valence-corrected chi connectivity index (χ4v) is 5.57. The minimum atomic E-state index is -0.288. The Morgan fingerprint density at radius 3 is 2.69 bits per heavy atom. The number of aromatic nitrogens is 7. The molecule has 36 heavy (non-hydrogen) atoms. The molecule has 4 aromatic heterocycles. The average molecular weight is 502 g/mol. The average Bonchev–Trinajstić information content (AvgIpc) is 3.79. The molecule has 184 valence electrons. The van der Waals surface area contributed by atoms with Crippen LogP contribution in [0.1, 0.15) is 73.1 Å². The number of pyridine rings is 1. The number of amides is 1. The molecule has 0 radical (unpaired) electrons. The van der Waals surface area contributed by atoms with Crippen molar-refractivity contribution in [3.05, 3.63) is 47.9 Å². The van der Waals surface area contributed by atoms with Gasteiger partial charge in [0.1, 0.15) is 17.8 Å². The molecule has 3 fully saturated rings. The summed E-state index contributed by atoms with van der Waals surface area (Å²) in [6.45, 7) is 1.99. The lowest BCUT2D eigenvalue weighted by Gasteiger charge is -2.30.